The Morgan fingerprint density at radius 2 is 1.82 bits per heavy atom. The lowest BCUT2D eigenvalue weighted by Crippen LogP contribution is -3.00. The number of halogens is 1. The monoisotopic (exact) mass is 181 g/mol. The first kappa shape index (κ1) is 13.8. The van der Waals surface area contributed by atoms with Gasteiger partial charge in [0.25, 0.3) is 0 Å². The van der Waals surface area contributed by atoms with E-state index in [0.717, 1.165) is 17.6 Å². The van der Waals surface area contributed by atoms with Gasteiger partial charge in [-0.1, -0.05) is 6.92 Å². The summed E-state index contributed by atoms with van der Waals surface area (Å²) in [4.78, 5) is 0. The molecule has 0 aromatic heterocycles. The van der Waals surface area contributed by atoms with Crippen LogP contribution in [0.1, 0.15) is 20.3 Å². The van der Waals surface area contributed by atoms with Gasteiger partial charge in [0, 0.05) is 0 Å². The first-order chi connectivity index (χ1) is 4.48. The number of hydrogen-bond donors (Lipinski definition) is 1. The molecule has 70 valence electrons. The Labute approximate surface area is 76.2 Å². The van der Waals surface area contributed by atoms with Crippen molar-refractivity contribution in [1.29, 1.82) is 0 Å². The summed E-state index contributed by atoms with van der Waals surface area (Å²) in [6.45, 7) is 6.01. The summed E-state index contributed by atoms with van der Waals surface area (Å²) in [5, 5.41) is 9.10. The molecule has 0 radical (unpaired) electrons. The van der Waals surface area contributed by atoms with Crippen LogP contribution in [0.5, 0.6) is 0 Å². The minimum atomic E-state index is -0.179. The molecular weight excluding hydrogens is 162 g/mol. The second-order valence-electron chi connectivity index (χ2n) is 3.69. The van der Waals surface area contributed by atoms with Crippen molar-refractivity contribution in [2.75, 3.05) is 27.2 Å². The molecule has 1 atom stereocenters. The Bertz CT molecular complexity index is 94.1. The summed E-state index contributed by atoms with van der Waals surface area (Å²) >= 11 is 0. The fourth-order valence-electron chi connectivity index (χ4n) is 1.41. The molecule has 1 N–H and O–H groups in total. The van der Waals surface area contributed by atoms with Crippen LogP contribution in [0.4, 0.5) is 0 Å². The van der Waals surface area contributed by atoms with Crippen LogP contribution in [0.15, 0.2) is 0 Å². The molecule has 0 saturated heterocycles. The molecule has 0 fully saturated rings. The standard InChI is InChI=1S/C8H20NO.ClH/c1-5-6-9(3,4)7-8(2)10;/h8,10H,5-7H2,1-4H3;1H/q+1;/p-1. The van der Waals surface area contributed by atoms with Gasteiger partial charge in [0.1, 0.15) is 12.6 Å². The normalized spacial score (nSPS) is 13.9. The Balaban J connectivity index is 0. The highest BCUT2D eigenvalue weighted by molar-refractivity contribution is 4.42. The molecule has 3 heteroatoms. The van der Waals surface area contributed by atoms with Gasteiger partial charge in [-0.25, -0.2) is 0 Å². The number of aliphatic hydroxyl groups is 1. The molecule has 11 heavy (non-hydrogen) atoms. The molecule has 0 saturated carbocycles. The van der Waals surface area contributed by atoms with E-state index in [1.54, 1.807) is 0 Å². The molecule has 0 aliphatic carbocycles. The van der Waals surface area contributed by atoms with Gasteiger partial charge in [-0.2, -0.15) is 0 Å². The first-order valence-electron chi connectivity index (χ1n) is 3.98. The van der Waals surface area contributed by atoms with E-state index in [1.165, 1.54) is 6.42 Å². The maximum Gasteiger partial charge on any atom is 0.104 e. The average molecular weight is 182 g/mol. The largest absolute Gasteiger partial charge is 1.00 e. The van der Waals surface area contributed by atoms with Crippen molar-refractivity contribution in [3.05, 3.63) is 0 Å². The lowest BCUT2D eigenvalue weighted by atomic mass is 10.3. The summed E-state index contributed by atoms with van der Waals surface area (Å²) in [6, 6.07) is 0. The number of hydrogen-bond acceptors (Lipinski definition) is 1. The third-order valence-electron chi connectivity index (χ3n) is 1.59. The highest BCUT2D eigenvalue weighted by Crippen LogP contribution is 2.00. The van der Waals surface area contributed by atoms with E-state index in [1.807, 2.05) is 6.92 Å². The van der Waals surface area contributed by atoms with Crippen LogP contribution in [0.25, 0.3) is 0 Å². The SMILES string of the molecule is CCC[N+](C)(C)CC(C)O.[Cl-]. The summed E-state index contributed by atoms with van der Waals surface area (Å²) in [6.07, 6.45) is 1.00. The van der Waals surface area contributed by atoms with E-state index in [0.29, 0.717) is 0 Å². The van der Waals surface area contributed by atoms with Crippen LogP contribution < -0.4 is 12.4 Å². The molecule has 0 bridgehead atoms. The zero-order valence-electron chi connectivity index (χ0n) is 7.97. The molecule has 0 aliphatic heterocycles. The van der Waals surface area contributed by atoms with Crippen LogP contribution in [0, 0.1) is 0 Å². The van der Waals surface area contributed by atoms with Crippen molar-refractivity contribution >= 4 is 0 Å². The fraction of sp³-hybridized carbons (Fsp3) is 1.00. The predicted molar refractivity (Wildman–Crippen MR) is 43.8 cm³/mol. The van der Waals surface area contributed by atoms with Gasteiger partial charge in [0.15, 0.2) is 0 Å². The summed E-state index contributed by atoms with van der Waals surface area (Å²) < 4.78 is 0.925. The number of aliphatic hydroxyl groups excluding tert-OH is 1. The Kier molecular flexibility index (Phi) is 7.28. The summed E-state index contributed by atoms with van der Waals surface area (Å²) in [5.41, 5.74) is 0. The molecule has 0 aromatic rings. The topological polar surface area (TPSA) is 20.2 Å². The van der Waals surface area contributed by atoms with E-state index >= 15 is 0 Å². The third-order valence-corrected chi connectivity index (χ3v) is 1.59. The molecule has 0 amide bonds. The van der Waals surface area contributed by atoms with Crippen LogP contribution in [-0.4, -0.2) is 42.9 Å². The van der Waals surface area contributed by atoms with Crippen LogP contribution >= 0.6 is 0 Å². The van der Waals surface area contributed by atoms with E-state index in [9.17, 15) is 0 Å². The maximum atomic E-state index is 9.10. The lowest BCUT2D eigenvalue weighted by molar-refractivity contribution is -0.893. The summed E-state index contributed by atoms with van der Waals surface area (Å²) in [5.74, 6) is 0. The van der Waals surface area contributed by atoms with Gasteiger partial charge in [-0.3, -0.25) is 0 Å². The van der Waals surface area contributed by atoms with Gasteiger partial charge in [-0.05, 0) is 13.3 Å². The van der Waals surface area contributed by atoms with Gasteiger partial charge in [0.05, 0.1) is 20.6 Å². The molecule has 0 aromatic carbocycles. The van der Waals surface area contributed by atoms with Gasteiger partial charge in [-0.15, -0.1) is 0 Å². The number of rotatable bonds is 4. The minimum absolute atomic E-state index is 0. The highest BCUT2D eigenvalue weighted by Gasteiger charge is 2.15. The average Bonchev–Trinajstić information content (AvgIpc) is 1.59. The highest BCUT2D eigenvalue weighted by atomic mass is 35.5. The quantitative estimate of drug-likeness (QED) is 0.491. The van der Waals surface area contributed by atoms with E-state index in [4.69, 9.17) is 5.11 Å². The molecule has 1 unspecified atom stereocenters. The number of likely N-dealkylation sites (N-methyl/N-ethyl adjacent to an activating group) is 1. The van der Waals surface area contributed by atoms with Crippen molar-refractivity contribution in [2.24, 2.45) is 0 Å². The van der Waals surface area contributed by atoms with Gasteiger partial charge < -0.3 is 22.0 Å². The lowest BCUT2D eigenvalue weighted by Gasteiger charge is -2.30. The van der Waals surface area contributed by atoms with Crippen molar-refractivity contribution < 1.29 is 22.0 Å². The van der Waals surface area contributed by atoms with Crippen LogP contribution in [0.3, 0.4) is 0 Å². The van der Waals surface area contributed by atoms with E-state index in [2.05, 4.69) is 21.0 Å². The van der Waals surface area contributed by atoms with Crippen molar-refractivity contribution in [3.8, 4) is 0 Å². The van der Waals surface area contributed by atoms with Gasteiger partial charge in [0.2, 0.25) is 0 Å². The Morgan fingerprint density at radius 3 is 2.09 bits per heavy atom. The smallest absolute Gasteiger partial charge is 0.104 e. The Morgan fingerprint density at radius 1 is 1.36 bits per heavy atom. The van der Waals surface area contributed by atoms with E-state index in [-0.39, 0.29) is 18.5 Å². The summed E-state index contributed by atoms with van der Waals surface area (Å²) in [7, 11) is 4.30. The Hall–Kier alpha value is 0.210. The van der Waals surface area contributed by atoms with E-state index < -0.39 is 0 Å². The molecule has 0 spiro atoms. The van der Waals surface area contributed by atoms with Crippen molar-refractivity contribution in [2.45, 2.75) is 26.4 Å². The number of quaternary nitrogens is 1. The minimum Gasteiger partial charge on any atom is -1.00 e. The fourth-order valence-corrected chi connectivity index (χ4v) is 1.41. The zero-order valence-corrected chi connectivity index (χ0v) is 8.73. The maximum absolute atomic E-state index is 9.10. The zero-order chi connectivity index (χ0) is 8.20. The van der Waals surface area contributed by atoms with Crippen LogP contribution in [0.2, 0.25) is 0 Å². The molecule has 0 heterocycles. The van der Waals surface area contributed by atoms with Crippen LogP contribution in [-0.2, 0) is 0 Å². The second kappa shape index (κ2) is 5.81. The molecule has 0 rings (SSSR count). The first-order valence-corrected chi connectivity index (χ1v) is 3.98. The third kappa shape index (κ3) is 8.11. The molecule has 0 aliphatic rings. The predicted octanol–water partition coefficient (Wildman–Crippen LogP) is -2.14. The van der Waals surface area contributed by atoms with Crippen molar-refractivity contribution in [3.63, 3.8) is 0 Å². The van der Waals surface area contributed by atoms with Crippen molar-refractivity contribution in [1.82, 2.24) is 0 Å². The molecule has 2 nitrogen and oxygen atoms in total. The molecular formula is C8H20ClNO. The van der Waals surface area contributed by atoms with Gasteiger partial charge >= 0.3 is 0 Å². The second-order valence-corrected chi connectivity index (χ2v) is 3.69. The number of nitrogens with zero attached hydrogens (tertiary/aromatic N) is 1.